The average molecular weight is 478 g/mol. The smallest absolute Gasteiger partial charge is 0.416 e. The summed E-state index contributed by atoms with van der Waals surface area (Å²) in [5.74, 6) is 0.401. The summed E-state index contributed by atoms with van der Waals surface area (Å²) in [6.07, 6.45) is -2.91. The molecule has 0 aliphatic heterocycles. The second-order valence-corrected chi connectivity index (χ2v) is 7.63. The maximum absolute atomic E-state index is 13.0. The molecule has 2 N–H and O–H groups in total. The molecule has 0 spiro atoms. The third-order valence-electron chi connectivity index (χ3n) is 5.30. The quantitative estimate of drug-likeness (QED) is 0.332. The van der Waals surface area contributed by atoms with Gasteiger partial charge in [-0.05, 0) is 61.0 Å². The van der Waals surface area contributed by atoms with Gasteiger partial charge in [-0.25, -0.2) is 9.97 Å². The van der Waals surface area contributed by atoms with Crippen LogP contribution in [-0.2, 0) is 6.18 Å². The molecule has 0 fully saturated rings. The Labute approximate surface area is 199 Å². The molecule has 0 saturated carbocycles. The fourth-order valence-electron chi connectivity index (χ4n) is 3.42. The molecule has 0 aliphatic rings. The van der Waals surface area contributed by atoms with Crippen molar-refractivity contribution in [1.29, 1.82) is 0 Å². The van der Waals surface area contributed by atoms with Gasteiger partial charge in [0.05, 0.1) is 18.4 Å². The van der Waals surface area contributed by atoms with Crippen LogP contribution in [0.2, 0.25) is 0 Å². The predicted octanol–water partition coefficient (Wildman–Crippen LogP) is 6.48. The molecule has 9 heteroatoms. The number of hydrogen-bond donors (Lipinski definition) is 2. The Morgan fingerprint density at radius 3 is 2.46 bits per heavy atom. The molecule has 35 heavy (non-hydrogen) atoms. The maximum Gasteiger partial charge on any atom is 0.416 e. The van der Waals surface area contributed by atoms with Gasteiger partial charge < -0.3 is 15.4 Å². The van der Waals surface area contributed by atoms with Gasteiger partial charge >= 0.3 is 6.18 Å². The van der Waals surface area contributed by atoms with Crippen molar-refractivity contribution in [2.45, 2.75) is 13.1 Å². The van der Waals surface area contributed by atoms with E-state index in [0.29, 0.717) is 34.3 Å². The fraction of sp³-hybridized carbons (Fsp3) is 0.115. The lowest BCUT2D eigenvalue weighted by Gasteiger charge is -2.14. The molecule has 4 aromatic rings. The molecule has 0 saturated heterocycles. The van der Waals surface area contributed by atoms with Crippen LogP contribution in [0.15, 0.2) is 79.0 Å². The van der Waals surface area contributed by atoms with Crippen LogP contribution in [0.3, 0.4) is 0 Å². The lowest BCUT2D eigenvalue weighted by molar-refractivity contribution is -0.137. The van der Waals surface area contributed by atoms with Crippen LogP contribution in [0, 0.1) is 6.92 Å². The van der Waals surface area contributed by atoms with Crippen LogP contribution in [0.5, 0.6) is 5.75 Å². The number of carbonyl (C=O) groups is 1. The Morgan fingerprint density at radius 2 is 1.69 bits per heavy atom. The van der Waals surface area contributed by atoms with Crippen LogP contribution in [0.4, 0.5) is 30.5 Å². The molecule has 6 nitrogen and oxygen atoms in total. The second-order valence-electron chi connectivity index (χ2n) is 7.63. The molecule has 3 aromatic carbocycles. The van der Waals surface area contributed by atoms with E-state index in [1.165, 1.54) is 12.1 Å². The highest BCUT2D eigenvalue weighted by molar-refractivity contribution is 6.05. The number of nitrogens with zero attached hydrogens (tertiary/aromatic N) is 2. The Bertz CT molecular complexity index is 1370. The van der Waals surface area contributed by atoms with Crippen LogP contribution < -0.4 is 15.4 Å². The molecule has 0 bridgehead atoms. The number of methoxy groups -OCH3 is 1. The van der Waals surface area contributed by atoms with E-state index in [2.05, 4.69) is 20.6 Å². The van der Waals surface area contributed by atoms with E-state index in [1.807, 2.05) is 24.3 Å². The lowest BCUT2D eigenvalue weighted by Crippen LogP contribution is -2.15. The van der Waals surface area contributed by atoms with Gasteiger partial charge in [-0.15, -0.1) is 0 Å². The number of rotatable bonds is 6. The number of alkyl halides is 3. The first-order chi connectivity index (χ1) is 16.7. The van der Waals surface area contributed by atoms with Crippen LogP contribution >= 0.6 is 0 Å². The zero-order valence-corrected chi connectivity index (χ0v) is 18.9. The van der Waals surface area contributed by atoms with Crippen molar-refractivity contribution in [3.8, 4) is 17.0 Å². The van der Waals surface area contributed by atoms with E-state index in [9.17, 15) is 18.0 Å². The Hall–Kier alpha value is -4.40. The molecule has 0 atom stereocenters. The highest BCUT2D eigenvalue weighted by Gasteiger charge is 2.31. The molecular formula is C26H21F3N4O2. The molecule has 1 aromatic heterocycles. The zero-order valence-electron chi connectivity index (χ0n) is 18.9. The van der Waals surface area contributed by atoms with Gasteiger partial charge in [0.25, 0.3) is 5.91 Å². The number of anilines is 3. The molecular weight excluding hydrogens is 457 g/mol. The van der Waals surface area contributed by atoms with Gasteiger partial charge in [-0.1, -0.05) is 24.3 Å². The summed E-state index contributed by atoms with van der Waals surface area (Å²) >= 11 is 0. The number of ether oxygens (including phenoxy) is 1. The molecule has 0 aliphatic carbocycles. The first-order valence-corrected chi connectivity index (χ1v) is 10.6. The van der Waals surface area contributed by atoms with E-state index >= 15 is 0 Å². The van der Waals surface area contributed by atoms with Gasteiger partial charge in [0.2, 0.25) is 5.95 Å². The zero-order chi connectivity index (χ0) is 25.0. The minimum absolute atomic E-state index is 0.0908. The molecule has 0 unspecified atom stereocenters. The predicted molar refractivity (Wildman–Crippen MR) is 128 cm³/mol. The van der Waals surface area contributed by atoms with E-state index < -0.39 is 17.6 Å². The van der Waals surface area contributed by atoms with Crippen molar-refractivity contribution < 1.29 is 22.7 Å². The number of aromatic nitrogens is 2. The normalized spacial score (nSPS) is 11.1. The average Bonchev–Trinajstić information content (AvgIpc) is 2.86. The van der Waals surface area contributed by atoms with Crippen LogP contribution in [0.1, 0.15) is 21.5 Å². The first kappa shape index (κ1) is 23.7. The van der Waals surface area contributed by atoms with E-state index in [-0.39, 0.29) is 5.56 Å². The Morgan fingerprint density at radius 1 is 0.943 bits per heavy atom. The van der Waals surface area contributed by atoms with Crippen LogP contribution in [-0.4, -0.2) is 23.0 Å². The summed E-state index contributed by atoms with van der Waals surface area (Å²) in [5.41, 5.74) is 2.32. The van der Waals surface area contributed by atoms with E-state index in [0.717, 1.165) is 17.7 Å². The summed E-state index contributed by atoms with van der Waals surface area (Å²) in [7, 11) is 1.59. The largest absolute Gasteiger partial charge is 0.497 e. The monoisotopic (exact) mass is 478 g/mol. The summed E-state index contributed by atoms with van der Waals surface area (Å²) < 4.78 is 44.3. The van der Waals surface area contributed by atoms with E-state index in [1.54, 1.807) is 44.5 Å². The third kappa shape index (κ3) is 5.57. The summed E-state index contributed by atoms with van der Waals surface area (Å²) in [4.78, 5) is 21.5. The number of hydrogen-bond acceptors (Lipinski definition) is 5. The number of carbonyl (C=O) groups excluding carboxylic acids is 1. The molecule has 4 rings (SSSR count). The summed E-state index contributed by atoms with van der Waals surface area (Å²) in [6.45, 7) is 1.77. The van der Waals surface area contributed by atoms with Crippen molar-refractivity contribution >= 4 is 23.2 Å². The van der Waals surface area contributed by atoms with Gasteiger partial charge in [0.15, 0.2) is 0 Å². The molecule has 1 heterocycles. The Kier molecular flexibility index (Phi) is 6.68. The first-order valence-electron chi connectivity index (χ1n) is 10.6. The van der Waals surface area contributed by atoms with Gasteiger partial charge in [-0.3, -0.25) is 4.79 Å². The number of benzene rings is 3. The van der Waals surface area contributed by atoms with Crippen LogP contribution in [0.25, 0.3) is 11.3 Å². The number of nitrogens with one attached hydrogen (secondary N) is 2. The van der Waals surface area contributed by atoms with Gasteiger partial charge in [-0.2, -0.15) is 13.2 Å². The summed E-state index contributed by atoms with van der Waals surface area (Å²) in [5, 5.41) is 5.82. The Balaban J connectivity index is 1.55. The molecule has 178 valence electrons. The summed E-state index contributed by atoms with van der Waals surface area (Å²) in [6, 6.07) is 18.7. The van der Waals surface area contributed by atoms with Gasteiger partial charge in [0, 0.05) is 28.7 Å². The van der Waals surface area contributed by atoms with E-state index in [4.69, 9.17) is 4.74 Å². The highest BCUT2D eigenvalue weighted by atomic mass is 19.4. The van der Waals surface area contributed by atoms with Crippen molar-refractivity contribution in [3.05, 3.63) is 95.7 Å². The van der Waals surface area contributed by atoms with Crippen molar-refractivity contribution in [1.82, 2.24) is 9.97 Å². The van der Waals surface area contributed by atoms with Crippen molar-refractivity contribution in [2.24, 2.45) is 0 Å². The van der Waals surface area contributed by atoms with Gasteiger partial charge in [0.1, 0.15) is 5.75 Å². The minimum Gasteiger partial charge on any atom is -0.497 e. The SMILES string of the molecule is COc1cccc(-c2ccnc(Nc3cccc(NC(=O)c4cccc(C(F)(F)F)c4)c3C)n2)c1. The number of amides is 1. The van der Waals surface area contributed by atoms with Crippen molar-refractivity contribution in [2.75, 3.05) is 17.7 Å². The second kappa shape index (κ2) is 9.84. The fourth-order valence-corrected chi connectivity index (χ4v) is 3.42. The lowest BCUT2D eigenvalue weighted by atomic mass is 10.1. The third-order valence-corrected chi connectivity index (χ3v) is 5.30. The van der Waals surface area contributed by atoms with Crippen molar-refractivity contribution in [3.63, 3.8) is 0 Å². The standard InChI is InChI=1S/C26H21F3N4O2/c1-16-21(31-24(34)18-7-3-8-19(14-18)26(27,28)29)10-5-11-22(16)32-25-30-13-12-23(33-25)17-6-4-9-20(15-17)35-2/h3-15H,1-2H3,(H,31,34)(H,30,32,33). The topological polar surface area (TPSA) is 76.1 Å². The molecule has 0 radical (unpaired) electrons. The maximum atomic E-state index is 13.0. The minimum atomic E-state index is -4.53. The molecule has 1 amide bonds. The number of halogens is 3. The highest BCUT2D eigenvalue weighted by Crippen LogP contribution is 2.31.